The first-order chi connectivity index (χ1) is 8.11. The molecule has 0 aromatic rings. The van der Waals surface area contributed by atoms with Gasteiger partial charge >= 0.3 is 0 Å². The van der Waals surface area contributed by atoms with E-state index in [2.05, 4.69) is 13.8 Å². The van der Waals surface area contributed by atoms with E-state index in [0.29, 0.717) is 25.3 Å². The largest absolute Gasteiger partial charge is 0.385 e. The van der Waals surface area contributed by atoms with Crippen molar-refractivity contribution in [1.29, 1.82) is 0 Å². The number of hydrogen-bond donors (Lipinski definition) is 0. The second-order valence-electron chi connectivity index (χ2n) is 5.15. The lowest BCUT2D eigenvalue weighted by atomic mass is 9.81. The van der Waals surface area contributed by atoms with Gasteiger partial charge in [0.25, 0.3) is 0 Å². The van der Waals surface area contributed by atoms with Gasteiger partial charge in [-0.3, -0.25) is 4.79 Å². The molecule has 0 unspecified atom stereocenters. The Labute approximate surface area is 104 Å². The molecule has 17 heavy (non-hydrogen) atoms. The van der Waals surface area contributed by atoms with Gasteiger partial charge in [0.1, 0.15) is 6.73 Å². The Morgan fingerprint density at radius 2 is 1.94 bits per heavy atom. The minimum absolute atomic E-state index is 0.142. The van der Waals surface area contributed by atoms with Crippen LogP contribution in [0.1, 0.15) is 33.1 Å². The Kier molecular flexibility index (Phi) is 5.92. The van der Waals surface area contributed by atoms with E-state index in [1.807, 2.05) is 4.90 Å². The summed E-state index contributed by atoms with van der Waals surface area (Å²) in [5.41, 5.74) is 0. The van der Waals surface area contributed by atoms with Gasteiger partial charge in [-0.2, -0.15) is 0 Å². The maximum Gasteiger partial charge on any atom is 0.229 e. The molecule has 4 nitrogen and oxygen atoms in total. The molecule has 0 saturated carbocycles. The highest BCUT2D eigenvalue weighted by Gasteiger charge is 2.45. The molecule has 1 heterocycles. The molecule has 1 aliphatic heterocycles. The molecular weight excluding hydrogens is 218 g/mol. The first-order valence-electron chi connectivity index (χ1n) is 6.40. The predicted molar refractivity (Wildman–Crippen MR) is 66.6 cm³/mol. The predicted octanol–water partition coefficient (Wildman–Crippen LogP) is 1.89. The summed E-state index contributed by atoms with van der Waals surface area (Å²) in [6.45, 7) is 5.51. The normalized spacial score (nSPS) is 24.3. The second kappa shape index (κ2) is 6.97. The highest BCUT2D eigenvalue weighted by Crippen LogP contribution is 2.33. The molecule has 1 amide bonds. The summed E-state index contributed by atoms with van der Waals surface area (Å²) >= 11 is 0. The summed E-state index contributed by atoms with van der Waals surface area (Å²) in [5, 5.41) is 0. The third-order valence-electron chi connectivity index (χ3n) is 3.41. The van der Waals surface area contributed by atoms with E-state index in [4.69, 9.17) is 9.47 Å². The maximum absolute atomic E-state index is 11.9. The minimum Gasteiger partial charge on any atom is -0.385 e. The monoisotopic (exact) mass is 243 g/mol. The first-order valence-corrected chi connectivity index (χ1v) is 6.40. The molecular formula is C13H25NO3. The number of carbonyl (C=O) groups excluding carboxylic acids is 1. The third-order valence-corrected chi connectivity index (χ3v) is 3.41. The molecule has 0 aromatic carbocycles. The fraction of sp³-hybridized carbons (Fsp3) is 0.923. The molecule has 1 rings (SSSR count). The van der Waals surface area contributed by atoms with Crippen LogP contribution in [0.5, 0.6) is 0 Å². The lowest BCUT2D eigenvalue weighted by Gasteiger charge is -2.47. The zero-order valence-electron chi connectivity index (χ0n) is 11.4. The molecule has 0 spiro atoms. The van der Waals surface area contributed by atoms with E-state index >= 15 is 0 Å². The standard InChI is InChI=1S/C13H25NO3/c1-10(2)5-6-12-11(7-8-16-3)13(15)14(12)9-17-4/h10-12H,5-9H2,1-4H3/t11-,12+/m1/s1. The van der Waals surface area contributed by atoms with Crippen molar-refractivity contribution in [2.45, 2.75) is 39.2 Å². The Morgan fingerprint density at radius 1 is 1.24 bits per heavy atom. The van der Waals surface area contributed by atoms with Gasteiger partial charge in [-0.1, -0.05) is 13.8 Å². The molecule has 0 aromatic heterocycles. The van der Waals surface area contributed by atoms with Crippen LogP contribution in [0.4, 0.5) is 0 Å². The lowest BCUT2D eigenvalue weighted by molar-refractivity contribution is -0.167. The Bertz CT molecular complexity index is 243. The molecule has 1 fully saturated rings. The van der Waals surface area contributed by atoms with E-state index in [-0.39, 0.29) is 11.8 Å². The zero-order chi connectivity index (χ0) is 12.8. The first kappa shape index (κ1) is 14.5. The van der Waals surface area contributed by atoms with Gasteiger partial charge in [0.15, 0.2) is 0 Å². The van der Waals surface area contributed by atoms with E-state index in [1.54, 1.807) is 14.2 Å². The van der Waals surface area contributed by atoms with Crippen molar-refractivity contribution in [3.8, 4) is 0 Å². The SMILES string of the molecule is COCC[C@H]1C(=O)N(COC)[C@H]1CCC(C)C. The summed E-state index contributed by atoms with van der Waals surface area (Å²) in [6.07, 6.45) is 3.06. The van der Waals surface area contributed by atoms with Gasteiger partial charge in [0.05, 0.1) is 5.92 Å². The number of carbonyl (C=O) groups is 1. The summed E-state index contributed by atoms with van der Waals surface area (Å²) in [6, 6.07) is 0.347. The van der Waals surface area contributed by atoms with Gasteiger partial charge in [-0.05, 0) is 25.2 Å². The van der Waals surface area contributed by atoms with Gasteiger partial charge in [0, 0.05) is 26.9 Å². The van der Waals surface area contributed by atoms with Crippen LogP contribution in [-0.4, -0.2) is 44.4 Å². The van der Waals surface area contributed by atoms with Gasteiger partial charge in [-0.25, -0.2) is 0 Å². The Morgan fingerprint density at radius 3 is 2.47 bits per heavy atom. The molecule has 0 bridgehead atoms. The van der Waals surface area contributed by atoms with Gasteiger partial charge < -0.3 is 14.4 Å². The van der Waals surface area contributed by atoms with Crippen molar-refractivity contribution in [2.75, 3.05) is 27.6 Å². The van der Waals surface area contributed by atoms with Crippen LogP contribution < -0.4 is 0 Å². The van der Waals surface area contributed by atoms with E-state index < -0.39 is 0 Å². The highest BCUT2D eigenvalue weighted by molar-refractivity contribution is 5.85. The average molecular weight is 243 g/mol. The van der Waals surface area contributed by atoms with Crippen molar-refractivity contribution in [3.05, 3.63) is 0 Å². The van der Waals surface area contributed by atoms with Crippen LogP contribution in [0.2, 0.25) is 0 Å². The summed E-state index contributed by atoms with van der Waals surface area (Å²) in [5.74, 6) is 1.04. The molecule has 1 saturated heterocycles. The Hall–Kier alpha value is -0.610. The average Bonchev–Trinajstić information content (AvgIpc) is 2.30. The number of β-lactam (4-membered cyclic amide) rings is 1. The van der Waals surface area contributed by atoms with Gasteiger partial charge in [-0.15, -0.1) is 0 Å². The molecule has 1 aliphatic rings. The number of methoxy groups -OCH3 is 2. The number of rotatable bonds is 8. The van der Waals surface area contributed by atoms with Crippen molar-refractivity contribution in [3.63, 3.8) is 0 Å². The summed E-state index contributed by atoms with van der Waals surface area (Å²) < 4.78 is 10.1. The number of likely N-dealkylation sites (tertiary alicyclic amines) is 1. The molecule has 0 radical (unpaired) electrons. The van der Waals surface area contributed by atoms with Crippen molar-refractivity contribution in [1.82, 2.24) is 4.90 Å². The quantitative estimate of drug-likeness (QED) is 0.611. The van der Waals surface area contributed by atoms with Crippen molar-refractivity contribution < 1.29 is 14.3 Å². The highest BCUT2D eigenvalue weighted by atomic mass is 16.5. The molecule has 100 valence electrons. The zero-order valence-corrected chi connectivity index (χ0v) is 11.4. The van der Waals surface area contributed by atoms with Crippen LogP contribution in [-0.2, 0) is 14.3 Å². The van der Waals surface area contributed by atoms with E-state index in [0.717, 1.165) is 19.3 Å². The summed E-state index contributed by atoms with van der Waals surface area (Å²) in [7, 11) is 3.31. The van der Waals surface area contributed by atoms with Crippen LogP contribution in [0.15, 0.2) is 0 Å². The maximum atomic E-state index is 11.9. The Balaban J connectivity index is 2.48. The van der Waals surface area contributed by atoms with E-state index in [9.17, 15) is 4.79 Å². The van der Waals surface area contributed by atoms with Crippen molar-refractivity contribution >= 4 is 5.91 Å². The van der Waals surface area contributed by atoms with Gasteiger partial charge in [0.2, 0.25) is 5.91 Å². The van der Waals surface area contributed by atoms with Crippen LogP contribution >= 0.6 is 0 Å². The number of nitrogens with zero attached hydrogens (tertiary/aromatic N) is 1. The fourth-order valence-electron chi connectivity index (χ4n) is 2.40. The third kappa shape index (κ3) is 3.68. The minimum atomic E-state index is 0.142. The lowest BCUT2D eigenvalue weighted by Crippen LogP contribution is -2.61. The molecule has 0 N–H and O–H groups in total. The van der Waals surface area contributed by atoms with Crippen LogP contribution in [0, 0.1) is 11.8 Å². The van der Waals surface area contributed by atoms with Crippen LogP contribution in [0.3, 0.4) is 0 Å². The number of ether oxygens (including phenoxy) is 2. The van der Waals surface area contributed by atoms with E-state index in [1.165, 1.54) is 0 Å². The van der Waals surface area contributed by atoms with Crippen molar-refractivity contribution in [2.24, 2.45) is 11.8 Å². The number of hydrogen-bond acceptors (Lipinski definition) is 3. The molecule has 4 heteroatoms. The second-order valence-corrected chi connectivity index (χ2v) is 5.15. The fourth-order valence-corrected chi connectivity index (χ4v) is 2.40. The summed E-state index contributed by atoms with van der Waals surface area (Å²) in [4.78, 5) is 13.8. The molecule has 0 aliphatic carbocycles. The smallest absolute Gasteiger partial charge is 0.229 e. The number of amides is 1. The van der Waals surface area contributed by atoms with Crippen LogP contribution in [0.25, 0.3) is 0 Å². The molecule has 2 atom stereocenters. The topological polar surface area (TPSA) is 38.8 Å².